The highest BCUT2D eigenvalue weighted by molar-refractivity contribution is 14.0. The number of hydrogen-bond donors (Lipinski definition) is 2. The fraction of sp³-hybridized carbons (Fsp3) is 0.381. The number of guanidine groups is 1. The lowest BCUT2D eigenvalue weighted by atomic mass is 10.1. The highest BCUT2D eigenvalue weighted by Gasteiger charge is 2.13. The Kier molecular flexibility index (Phi) is 10.2. The van der Waals surface area contributed by atoms with Crippen molar-refractivity contribution in [3.05, 3.63) is 58.4 Å². The number of nitrogens with zero attached hydrogens (tertiary/aromatic N) is 2. The third-order valence-corrected chi connectivity index (χ3v) is 4.55. The zero-order valence-electron chi connectivity index (χ0n) is 17.5. The van der Waals surface area contributed by atoms with Crippen molar-refractivity contribution in [2.75, 3.05) is 28.3 Å². The van der Waals surface area contributed by atoms with Gasteiger partial charge in [-0.25, -0.2) is 4.39 Å². The Hall–Kier alpha value is -2.07. The van der Waals surface area contributed by atoms with E-state index in [1.807, 2.05) is 31.0 Å². The molecule has 0 saturated carbocycles. The summed E-state index contributed by atoms with van der Waals surface area (Å²) in [5, 5.41) is 12.5. The third kappa shape index (κ3) is 6.46. The van der Waals surface area contributed by atoms with Crippen molar-refractivity contribution < 1.29 is 19.0 Å². The number of methoxy groups -OCH3 is 2. The minimum Gasteiger partial charge on any atom is -0.493 e. The van der Waals surface area contributed by atoms with Gasteiger partial charge in [-0.1, -0.05) is 6.07 Å². The molecule has 0 aromatic heterocycles. The Morgan fingerprint density at radius 1 is 1.14 bits per heavy atom. The van der Waals surface area contributed by atoms with Crippen molar-refractivity contribution in [1.82, 2.24) is 10.2 Å². The number of aliphatic imine (C=N–C) groups is 1. The van der Waals surface area contributed by atoms with Crippen molar-refractivity contribution in [3.8, 4) is 11.5 Å². The summed E-state index contributed by atoms with van der Waals surface area (Å²) in [4.78, 5) is 6.31. The summed E-state index contributed by atoms with van der Waals surface area (Å²) in [5.74, 6) is 1.67. The van der Waals surface area contributed by atoms with Gasteiger partial charge < -0.3 is 24.8 Å². The maximum absolute atomic E-state index is 13.5. The van der Waals surface area contributed by atoms with Crippen LogP contribution in [0.5, 0.6) is 11.5 Å². The second-order valence-corrected chi connectivity index (χ2v) is 6.47. The second kappa shape index (κ2) is 11.8. The van der Waals surface area contributed by atoms with Crippen LogP contribution in [0.15, 0.2) is 35.3 Å². The Labute approximate surface area is 188 Å². The maximum atomic E-state index is 13.5. The van der Waals surface area contributed by atoms with Crippen LogP contribution in [0.2, 0.25) is 0 Å². The van der Waals surface area contributed by atoms with Crippen molar-refractivity contribution in [2.24, 2.45) is 4.99 Å². The summed E-state index contributed by atoms with van der Waals surface area (Å²) in [6.45, 7) is 2.79. The van der Waals surface area contributed by atoms with Crippen LogP contribution in [0.4, 0.5) is 4.39 Å². The molecule has 2 aromatic carbocycles. The van der Waals surface area contributed by atoms with E-state index in [1.165, 1.54) is 6.07 Å². The number of rotatable bonds is 7. The first kappa shape index (κ1) is 25.0. The summed E-state index contributed by atoms with van der Waals surface area (Å²) in [7, 11) is 6.89. The van der Waals surface area contributed by atoms with E-state index in [2.05, 4.69) is 10.3 Å². The summed E-state index contributed by atoms with van der Waals surface area (Å²) < 4.78 is 24.3. The zero-order chi connectivity index (χ0) is 20.7. The van der Waals surface area contributed by atoms with Gasteiger partial charge in [-0.2, -0.15) is 0 Å². The average molecular weight is 517 g/mol. The molecule has 0 amide bonds. The molecule has 0 saturated heterocycles. The highest BCUT2D eigenvalue weighted by atomic mass is 127. The van der Waals surface area contributed by atoms with E-state index >= 15 is 0 Å². The van der Waals surface area contributed by atoms with Crippen molar-refractivity contribution in [2.45, 2.75) is 26.6 Å². The Balaban J connectivity index is 0.00000420. The van der Waals surface area contributed by atoms with Crippen molar-refractivity contribution in [1.29, 1.82) is 0 Å². The van der Waals surface area contributed by atoms with Crippen LogP contribution in [-0.4, -0.2) is 44.3 Å². The first-order chi connectivity index (χ1) is 13.4. The molecule has 29 heavy (non-hydrogen) atoms. The molecule has 0 heterocycles. The zero-order valence-corrected chi connectivity index (χ0v) is 19.8. The summed E-state index contributed by atoms with van der Waals surface area (Å²) >= 11 is 0. The molecule has 2 rings (SSSR count). The smallest absolute Gasteiger partial charge is 0.193 e. The van der Waals surface area contributed by atoms with Crippen LogP contribution in [-0.2, 0) is 19.7 Å². The highest BCUT2D eigenvalue weighted by Crippen LogP contribution is 2.30. The summed E-state index contributed by atoms with van der Waals surface area (Å²) in [5.41, 5.74) is 3.32. The number of aliphatic hydroxyl groups excluding tert-OH is 1. The molecular formula is C21H29FIN3O3. The third-order valence-electron chi connectivity index (χ3n) is 4.55. The average Bonchev–Trinajstić information content (AvgIpc) is 2.70. The minimum atomic E-state index is -0.406. The van der Waals surface area contributed by atoms with Gasteiger partial charge in [0.2, 0.25) is 0 Å². The Morgan fingerprint density at radius 3 is 2.38 bits per heavy atom. The molecule has 0 radical (unpaired) electrons. The number of benzene rings is 2. The van der Waals surface area contributed by atoms with Gasteiger partial charge in [-0.15, -0.1) is 24.0 Å². The molecule has 0 spiro atoms. The molecule has 8 heteroatoms. The molecule has 6 nitrogen and oxygen atoms in total. The minimum absolute atomic E-state index is 0. The van der Waals surface area contributed by atoms with Crippen LogP contribution >= 0.6 is 24.0 Å². The molecule has 2 aromatic rings. The summed E-state index contributed by atoms with van der Waals surface area (Å²) in [6.07, 6.45) is 0. The van der Waals surface area contributed by atoms with Gasteiger partial charge in [-0.3, -0.25) is 4.99 Å². The van der Waals surface area contributed by atoms with Crippen LogP contribution in [0.3, 0.4) is 0 Å². The van der Waals surface area contributed by atoms with Crippen LogP contribution < -0.4 is 14.8 Å². The van der Waals surface area contributed by atoms with E-state index in [0.29, 0.717) is 30.5 Å². The molecule has 0 unspecified atom stereocenters. The van der Waals surface area contributed by atoms with E-state index in [-0.39, 0.29) is 36.1 Å². The first-order valence-corrected chi connectivity index (χ1v) is 8.94. The number of aliphatic hydroxyl groups is 1. The Bertz CT molecular complexity index is 846. The van der Waals surface area contributed by atoms with Crippen LogP contribution in [0, 0.1) is 12.7 Å². The maximum Gasteiger partial charge on any atom is 0.193 e. The van der Waals surface area contributed by atoms with E-state index in [4.69, 9.17) is 9.47 Å². The largest absolute Gasteiger partial charge is 0.493 e. The molecule has 0 aliphatic rings. The number of hydrogen-bond acceptors (Lipinski definition) is 4. The van der Waals surface area contributed by atoms with Gasteiger partial charge in [-0.05, 0) is 47.9 Å². The molecule has 0 bridgehead atoms. The van der Waals surface area contributed by atoms with Crippen LogP contribution in [0.25, 0.3) is 0 Å². The quantitative estimate of drug-likeness (QED) is 0.335. The van der Waals surface area contributed by atoms with E-state index in [9.17, 15) is 9.50 Å². The Morgan fingerprint density at radius 2 is 1.79 bits per heavy atom. The lowest BCUT2D eigenvalue weighted by molar-refractivity contribution is 0.275. The fourth-order valence-electron chi connectivity index (χ4n) is 2.95. The molecule has 0 aliphatic carbocycles. The molecule has 2 N–H and O–H groups in total. The van der Waals surface area contributed by atoms with Crippen molar-refractivity contribution in [3.63, 3.8) is 0 Å². The molecule has 0 fully saturated rings. The fourth-order valence-corrected chi connectivity index (χ4v) is 2.95. The molecule has 160 valence electrons. The predicted molar refractivity (Wildman–Crippen MR) is 124 cm³/mol. The van der Waals surface area contributed by atoms with Gasteiger partial charge in [0.1, 0.15) is 5.82 Å². The number of aryl methyl sites for hydroxylation is 1. The lowest BCUT2D eigenvalue weighted by Gasteiger charge is -2.24. The SMILES string of the molecule is CN=C(NCc1ccc(F)c(CO)c1)N(C)Cc1cc(OC)c(OC)cc1C.I. The van der Waals surface area contributed by atoms with Crippen LogP contribution in [0.1, 0.15) is 22.3 Å². The van der Waals surface area contributed by atoms with Gasteiger partial charge >= 0.3 is 0 Å². The topological polar surface area (TPSA) is 66.3 Å². The second-order valence-electron chi connectivity index (χ2n) is 6.47. The van der Waals surface area contributed by atoms with E-state index in [0.717, 1.165) is 16.7 Å². The van der Waals surface area contributed by atoms with Gasteiger partial charge in [0.15, 0.2) is 17.5 Å². The molecular weight excluding hydrogens is 488 g/mol. The predicted octanol–water partition coefficient (Wildman–Crippen LogP) is 3.47. The monoisotopic (exact) mass is 517 g/mol. The van der Waals surface area contributed by atoms with E-state index < -0.39 is 5.82 Å². The molecule has 0 atom stereocenters. The number of ether oxygens (including phenoxy) is 2. The standard InChI is InChI=1S/C21H28FN3O3.HI/c1-14-8-19(27-4)20(28-5)10-16(14)12-25(3)21(23-2)24-11-15-6-7-18(22)17(9-15)13-26;/h6-10,26H,11-13H2,1-5H3,(H,23,24);1H. The summed E-state index contributed by atoms with van der Waals surface area (Å²) in [6, 6.07) is 8.61. The molecule has 0 aliphatic heterocycles. The number of halogens is 2. The van der Waals surface area contributed by atoms with Gasteiger partial charge in [0, 0.05) is 32.7 Å². The van der Waals surface area contributed by atoms with Gasteiger partial charge in [0.25, 0.3) is 0 Å². The van der Waals surface area contributed by atoms with E-state index in [1.54, 1.807) is 33.4 Å². The van der Waals surface area contributed by atoms with Crippen molar-refractivity contribution >= 4 is 29.9 Å². The number of nitrogens with one attached hydrogen (secondary N) is 1. The normalized spacial score (nSPS) is 10.9. The van der Waals surface area contributed by atoms with Gasteiger partial charge in [0.05, 0.1) is 20.8 Å². The lowest BCUT2D eigenvalue weighted by Crippen LogP contribution is -2.38. The first-order valence-electron chi connectivity index (χ1n) is 8.94.